The Morgan fingerprint density at radius 2 is 2.00 bits per heavy atom. The first kappa shape index (κ1) is 23.9. The van der Waals surface area contributed by atoms with E-state index in [4.69, 9.17) is 21.1 Å². The molecular weight excluding hydrogens is 474 g/mol. The van der Waals surface area contributed by atoms with E-state index in [0.717, 1.165) is 16.3 Å². The molecule has 2 aromatic rings. The van der Waals surface area contributed by atoms with Gasteiger partial charge in [-0.2, -0.15) is 0 Å². The van der Waals surface area contributed by atoms with Crippen LogP contribution in [0.25, 0.3) is 0 Å². The quantitative estimate of drug-likeness (QED) is 0.513. The molecule has 7 nitrogen and oxygen atoms in total. The molecular formula is C25H24ClN3O4S. The maximum Gasteiger partial charge on any atom is 0.338 e. The smallest absolute Gasteiger partial charge is 0.338 e. The highest BCUT2D eigenvalue weighted by molar-refractivity contribution is 8.16. The van der Waals surface area contributed by atoms with Gasteiger partial charge in [-0.1, -0.05) is 47.6 Å². The zero-order valence-corrected chi connectivity index (χ0v) is 20.6. The van der Waals surface area contributed by atoms with Crippen molar-refractivity contribution in [3.63, 3.8) is 0 Å². The van der Waals surface area contributed by atoms with E-state index in [1.165, 1.54) is 11.8 Å². The second kappa shape index (κ2) is 10.4. The van der Waals surface area contributed by atoms with E-state index in [1.54, 1.807) is 32.0 Å². The summed E-state index contributed by atoms with van der Waals surface area (Å²) in [6.07, 6.45) is 1.88. The van der Waals surface area contributed by atoms with Crippen LogP contribution in [0.5, 0.6) is 5.75 Å². The largest absolute Gasteiger partial charge is 0.483 e. The van der Waals surface area contributed by atoms with Crippen molar-refractivity contribution in [2.75, 3.05) is 18.5 Å². The van der Waals surface area contributed by atoms with E-state index >= 15 is 0 Å². The highest BCUT2D eigenvalue weighted by Gasteiger charge is 2.38. The van der Waals surface area contributed by atoms with Crippen molar-refractivity contribution in [3.05, 3.63) is 81.5 Å². The molecule has 0 saturated heterocycles. The van der Waals surface area contributed by atoms with Crippen molar-refractivity contribution in [2.45, 2.75) is 26.8 Å². The molecule has 1 atom stereocenters. The Morgan fingerprint density at radius 3 is 2.79 bits per heavy atom. The lowest BCUT2D eigenvalue weighted by molar-refractivity contribution is -0.139. The summed E-state index contributed by atoms with van der Waals surface area (Å²) in [5.41, 5.74) is 3.29. The lowest BCUT2D eigenvalue weighted by atomic mass is 9.94. The Hall–Kier alpha value is -3.23. The molecule has 0 aliphatic carbocycles. The summed E-state index contributed by atoms with van der Waals surface area (Å²) in [4.78, 5) is 32.0. The number of amides is 1. The molecule has 1 N–H and O–H groups in total. The molecule has 0 spiro atoms. The number of amidine groups is 1. The third kappa shape index (κ3) is 4.98. The van der Waals surface area contributed by atoms with Crippen LogP contribution in [0.3, 0.4) is 0 Å². The van der Waals surface area contributed by atoms with Crippen LogP contribution in [0, 0.1) is 6.92 Å². The summed E-state index contributed by atoms with van der Waals surface area (Å²) >= 11 is 7.53. The highest BCUT2D eigenvalue weighted by Crippen LogP contribution is 2.43. The Balaban J connectivity index is 1.60. The minimum Gasteiger partial charge on any atom is -0.483 e. The number of halogens is 1. The fourth-order valence-corrected chi connectivity index (χ4v) is 4.74. The average Bonchev–Trinajstić information content (AvgIpc) is 3.27. The van der Waals surface area contributed by atoms with Crippen molar-refractivity contribution >= 4 is 46.1 Å². The number of thioether (sulfide) groups is 1. The van der Waals surface area contributed by atoms with Crippen LogP contribution < -0.4 is 10.1 Å². The number of aryl methyl sites for hydroxylation is 1. The molecule has 0 bridgehead atoms. The Kier molecular flexibility index (Phi) is 7.29. The van der Waals surface area contributed by atoms with Crippen LogP contribution in [0.2, 0.25) is 5.02 Å². The number of allylic oxidation sites excluding steroid dienone is 1. The van der Waals surface area contributed by atoms with Gasteiger partial charge in [0.25, 0.3) is 5.91 Å². The molecule has 0 saturated carbocycles. The molecule has 0 aromatic heterocycles. The third-order valence-corrected chi connectivity index (χ3v) is 6.37. The average molecular weight is 498 g/mol. The molecule has 2 heterocycles. The van der Waals surface area contributed by atoms with E-state index < -0.39 is 12.0 Å². The topological polar surface area (TPSA) is 80.2 Å². The molecule has 0 unspecified atom stereocenters. The van der Waals surface area contributed by atoms with Crippen molar-refractivity contribution in [3.8, 4) is 5.75 Å². The summed E-state index contributed by atoms with van der Waals surface area (Å²) in [5.74, 6) is -0.256. The van der Waals surface area contributed by atoms with Gasteiger partial charge in [-0.3, -0.25) is 4.79 Å². The second-order valence-corrected chi connectivity index (χ2v) is 8.97. The number of carbonyl (C=O) groups is 2. The van der Waals surface area contributed by atoms with Crippen molar-refractivity contribution in [2.24, 2.45) is 4.99 Å². The predicted octanol–water partition coefficient (Wildman–Crippen LogP) is 5.43. The second-order valence-electron chi connectivity index (χ2n) is 7.66. The van der Waals surface area contributed by atoms with E-state index in [9.17, 15) is 9.59 Å². The predicted molar refractivity (Wildman–Crippen MR) is 135 cm³/mol. The first-order valence-corrected chi connectivity index (χ1v) is 12.0. The number of nitrogens with zero attached hydrogens (tertiary/aromatic N) is 2. The monoisotopic (exact) mass is 497 g/mol. The fourth-order valence-electron chi connectivity index (χ4n) is 3.77. The molecule has 2 aromatic carbocycles. The molecule has 2 aliphatic rings. The lowest BCUT2D eigenvalue weighted by Gasteiger charge is -2.34. The van der Waals surface area contributed by atoms with Crippen LogP contribution >= 0.6 is 23.4 Å². The van der Waals surface area contributed by atoms with Crippen LogP contribution in [-0.4, -0.2) is 35.2 Å². The number of ether oxygens (including phenoxy) is 2. The van der Waals surface area contributed by atoms with Gasteiger partial charge in [0.05, 0.1) is 23.9 Å². The number of fused-ring (bicyclic) bond motifs is 1. The van der Waals surface area contributed by atoms with Crippen molar-refractivity contribution in [1.82, 2.24) is 4.90 Å². The zero-order valence-electron chi connectivity index (χ0n) is 19.0. The number of aliphatic imine (C=N–C) groups is 1. The van der Waals surface area contributed by atoms with Crippen molar-refractivity contribution in [1.29, 1.82) is 0 Å². The molecule has 9 heteroatoms. The van der Waals surface area contributed by atoms with Gasteiger partial charge in [-0.15, -0.1) is 0 Å². The first-order chi connectivity index (χ1) is 16.4. The molecule has 1 amide bonds. The maximum atomic E-state index is 12.9. The molecule has 34 heavy (non-hydrogen) atoms. The number of hydrogen-bond donors (Lipinski definition) is 1. The van der Waals surface area contributed by atoms with Crippen LogP contribution in [0.15, 0.2) is 70.3 Å². The standard InChI is InChI=1S/C25H24ClN3O4S/c1-4-32-24(31)22-16(3)27-25-29(11-12-34-25)23(22)18-7-5-6-8-20(18)33-14-21(30)28-19-13-17(26)10-9-15(19)2/h5-13,23H,4,14H2,1-3H3,(H,28,30)/t23-/m1/s1. The van der Waals surface area contributed by atoms with Gasteiger partial charge in [0, 0.05) is 22.5 Å². The molecule has 0 fully saturated rings. The van der Waals surface area contributed by atoms with Crippen LogP contribution in [0.1, 0.15) is 31.0 Å². The Bertz CT molecular complexity index is 1220. The highest BCUT2D eigenvalue weighted by atomic mass is 35.5. The van der Waals surface area contributed by atoms with Gasteiger partial charge in [0.15, 0.2) is 11.8 Å². The molecule has 2 aliphatic heterocycles. The molecule has 176 valence electrons. The summed E-state index contributed by atoms with van der Waals surface area (Å²) in [5, 5.41) is 6.04. The number of esters is 1. The number of nitrogens with one attached hydrogen (secondary N) is 1. The Morgan fingerprint density at radius 1 is 1.21 bits per heavy atom. The Labute approximate surface area is 207 Å². The van der Waals surface area contributed by atoms with E-state index in [0.29, 0.717) is 27.7 Å². The van der Waals surface area contributed by atoms with Gasteiger partial charge in [0.2, 0.25) is 0 Å². The minimum absolute atomic E-state index is 0.210. The minimum atomic E-state index is -0.493. The number of para-hydroxylation sites is 1. The van der Waals surface area contributed by atoms with Gasteiger partial charge in [-0.25, -0.2) is 9.79 Å². The maximum absolute atomic E-state index is 12.9. The summed E-state index contributed by atoms with van der Waals surface area (Å²) < 4.78 is 11.3. The van der Waals surface area contributed by atoms with E-state index in [-0.39, 0.29) is 19.1 Å². The number of rotatable bonds is 7. The lowest BCUT2D eigenvalue weighted by Crippen LogP contribution is -2.34. The summed E-state index contributed by atoms with van der Waals surface area (Å²) in [6, 6.07) is 12.2. The number of benzene rings is 2. The van der Waals surface area contributed by atoms with E-state index in [1.807, 2.05) is 47.7 Å². The normalized spacial score (nSPS) is 16.8. The van der Waals surface area contributed by atoms with Gasteiger partial charge >= 0.3 is 5.97 Å². The number of hydrogen-bond acceptors (Lipinski definition) is 7. The SMILES string of the molecule is CCOC(=O)C1=C(C)N=C2SC=CN2[C@@H]1c1ccccc1OCC(=O)Nc1cc(Cl)ccc1C. The van der Waals surface area contributed by atoms with Gasteiger partial charge < -0.3 is 19.7 Å². The number of anilines is 1. The van der Waals surface area contributed by atoms with Crippen LogP contribution in [-0.2, 0) is 14.3 Å². The third-order valence-electron chi connectivity index (χ3n) is 5.36. The molecule has 4 rings (SSSR count). The van der Waals surface area contributed by atoms with Gasteiger partial charge in [-0.05, 0) is 49.9 Å². The van der Waals surface area contributed by atoms with E-state index in [2.05, 4.69) is 10.3 Å². The number of carbonyl (C=O) groups excluding carboxylic acids is 2. The zero-order chi connectivity index (χ0) is 24.2. The summed E-state index contributed by atoms with van der Waals surface area (Å²) in [6.45, 7) is 5.50. The van der Waals surface area contributed by atoms with Crippen molar-refractivity contribution < 1.29 is 19.1 Å². The molecule has 0 radical (unpaired) electrons. The fraction of sp³-hybridized carbons (Fsp3) is 0.240. The van der Waals surface area contributed by atoms with Gasteiger partial charge in [0.1, 0.15) is 5.75 Å². The summed E-state index contributed by atoms with van der Waals surface area (Å²) in [7, 11) is 0. The first-order valence-electron chi connectivity index (χ1n) is 10.7. The van der Waals surface area contributed by atoms with Crippen LogP contribution in [0.4, 0.5) is 5.69 Å².